The zero-order valence-corrected chi connectivity index (χ0v) is 13.8. The standard InChI is InChI=1S/C18H25N3O2/c1-5-11-21(12-6-2)18(23)15-7-9-16(10-8-15)20-17(22)14(3)13-19-4/h5-10,14,19H,1-2,11-13H2,3-4H3,(H,20,22). The fourth-order valence-electron chi connectivity index (χ4n) is 2.10. The number of rotatable bonds is 9. The van der Waals surface area contributed by atoms with Crippen LogP contribution in [0.2, 0.25) is 0 Å². The van der Waals surface area contributed by atoms with Gasteiger partial charge in [0.05, 0.1) is 0 Å². The molecule has 1 rings (SSSR count). The number of benzene rings is 1. The highest BCUT2D eigenvalue weighted by atomic mass is 16.2. The summed E-state index contributed by atoms with van der Waals surface area (Å²) in [7, 11) is 1.81. The fraction of sp³-hybridized carbons (Fsp3) is 0.333. The van der Waals surface area contributed by atoms with Crippen LogP contribution in [-0.2, 0) is 4.79 Å². The highest BCUT2D eigenvalue weighted by molar-refractivity contribution is 5.96. The van der Waals surface area contributed by atoms with Crippen molar-refractivity contribution in [3.05, 3.63) is 55.1 Å². The lowest BCUT2D eigenvalue weighted by Crippen LogP contribution is -2.31. The van der Waals surface area contributed by atoms with Crippen molar-refractivity contribution < 1.29 is 9.59 Å². The lowest BCUT2D eigenvalue weighted by Gasteiger charge is -2.19. The number of carbonyl (C=O) groups is 2. The second-order valence-corrected chi connectivity index (χ2v) is 5.31. The summed E-state index contributed by atoms with van der Waals surface area (Å²) >= 11 is 0. The summed E-state index contributed by atoms with van der Waals surface area (Å²) in [6.45, 7) is 10.7. The van der Waals surface area contributed by atoms with Gasteiger partial charge in [0.2, 0.25) is 5.91 Å². The van der Waals surface area contributed by atoms with Crippen molar-refractivity contribution >= 4 is 17.5 Å². The van der Waals surface area contributed by atoms with E-state index in [1.165, 1.54) is 0 Å². The maximum Gasteiger partial charge on any atom is 0.254 e. The molecule has 0 saturated heterocycles. The van der Waals surface area contributed by atoms with Gasteiger partial charge in [0, 0.05) is 36.8 Å². The van der Waals surface area contributed by atoms with E-state index in [0.717, 1.165) is 0 Å². The van der Waals surface area contributed by atoms with E-state index in [4.69, 9.17) is 0 Å². The molecular weight excluding hydrogens is 290 g/mol. The van der Waals surface area contributed by atoms with Gasteiger partial charge in [0.25, 0.3) is 5.91 Å². The van der Waals surface area contributed by atoms with Gasteiger partial charge in [-0.2, -0.15) is 0 Å². The normalized spacial score (nSPS) is 11.4. The van der Waals surface area contributed by atoms with E-state index in [9.17, 15) is 9.59 Å². The van der Waals surface area contributed by atoms with Crippen molar-refractivity contribution in [3.63, 3.8) is 0 Å². The molecule has 0 aliphatic rings. The summed E-state index contributed by atoms with van der Waals surface area (Å²) in [5, 5.41) is 5.80. The first-order valence-corrected chi connectivity index (χ1v) is 7.60. The van der Waals surface area contributed by atoms with Crippen LogP contribution in [0, 0.1) is 5.92 Å². The number of carbonyl (C=O) groups excluding carboxylic acids is 2. The molecule has 5 nitrogen and oxygen atoms in total. The Bertz CT molecular complexity index is 542. The smallest absolute Gasteiger partial charge is 0.254 e. The molecule has 23 heavy (non-hydrogen) atoms. The first kappa shape index (κ1) is 18.6. The van der Waals surface area contributed by atoms with Gasteiger partial charge >= 0.3 is 0 Å². The van der Waals surface area contributed by atoms with Gasteiger partial charge in [0.15, 0.2) is 0 Å². The third-order valence-corrected chi connectivity index (χ3v) is 3.34. The molecule has 0 aliphatic carbocycles. The molecule has 124 valence electrons. The Labute approximate surface area is 138 Å². The van der Waals surface area contributed by atoms with E-state index < -0.39 is 0 Å². The quantitative estimate of drug-likeness (QED) is 0.687. The first-order chi connectivity index (χ1) is 11.0. The average Bonchev–Trinajstić information content (AvgIpc) is 2.55. The molecule has 0 aromatic heterocycles. The molecule has 0 aliphatic heterocycles. The fourth-order valence-corrected chi connectivity index (χ4v) is 2.10. The topological polar surface area (TPSA) is 61.4 Å². The zero-order valence-electron chi connectivity index (χ0n) is 13.8. The predicted molar refractivity (Wildman–Crippen MR) is 94.5 cm³/mol. The zero-order chi connectivity index (χ0) is 17.2. The number of amides is 2. The molecule has 0 spiro atoms. The van der Waals surface area contributed by atoms with Crippen molar-refractivity contribution in [2.24, 2.45) is 5.92 Å². The van der Waals surface area contributed by atoms with Crippen molar-refractivity contribution in [1.82, 2.24) is 10.2 Å². The van der Waals surface area contributed by atoms with Crippen LogP contribution in [0.15, 0.2) is 49.6 Å². The van der Waals surface area contributed by atoms with Crippen molar-refractivity contribution in [1.29, 1.82) is 0 Å². The Morgan fingerprint density at radius 2 is 1.74 bits per heavy atom. The summed E-state index contributed by atoms with van der Waals surface area (Å²) in [6.07, 6.45) is 3.36. The van der Waals surface area contributed by atoms with Crippen LogP contribution in [0.4, 0.5) is 5.69 Å². The Hall–Kier alpha value is -2.40. The van der Waals surface area contributed by atoms with E-state index in [1.54, 1.807) is 41.3 Å². The molecule has 1 atom stereocenters. The second kappa shape index (κ2) is 9.58. The molecule has 5 heteroatoms. The van der Waals surface area contributed by atoms with Crippen LogP contribution >= 0.6 is 0 Å². The lowest BCUT2D eigenvalue weighted by atomic mass is 10.1. The molecular formula is C18H25N3O2. The summed E-state index contributed by atoms with van der Waals surface area (Å²) in [6, 6.07) is 6.88. The minimum Gasteiger partial charge on any atom is -0.331 e. The van der Waals surface area contributed by atoms with E-state index >= 15 is 0 Å². The average molecular weight is 315 g/mol. The van der Waals surface area contributed by atoms with Gasteiger partial charge in [-0.3, -0.25) is 9.59 Å². The molecule has 0 saturated carbocycles. The van der Waals surface area contributed by atoms with Gasteiger partial charge in [-0.15, -0.1) is 13.2 Å². The molecule has 1 aromatic rings. The van der Waals surface area contributed by atoms with Crippen molar-refractivity contribution in [2.45, 2.75) is 6.92 Å². The third-order valence-electron chi connectivity index (χ3n) is 3.34. The number of nitrogens with one attached hydrogen (secondary N) is 2. The first-order valence-electron chi connectivity index (χ1n) is 7.60. The van der Waals surface area contributed by atoms with Gasteiger partial charge in [0.1, 0.15) is 0 Å². The summed E-state index contributed by atoms with van der Waals surface area (Å²) in [4.78, 5) is 26.0. The summed E-state index contributed by atoms with van der Waals surface area (Å²) in [5.74, 6) is -0.276. The predicted octanol–water partition coefficient (Wildman–Crippen LogP) is 2.29. The molecule has 0 heterocycles. The van der Waals surface area contributed by atoms with Crippen LogP contribution in [0.25, 0.3) is 0 Å². The van der Waals surface area contributed by atoms with Crippen molar-refractivity contribution in [3.8, 4) is 0 Å². The maximum absolute atomic E-state index is 12.4. The SMILES string of the molecule is C=CCN(CC=C)C(=O)c1ccc(NC(=O)C(C)CNC)cc1. The molecule has 1 unspecified atom stereocenters. The molecule has 2 N–H and O–H groups in total. The number of hydrogen-bond donors (Lipinski definition) is 2. The molecule has 0 bridgehead atoms. The van der Waals surface area contributed by atoms with Gasteiger partial charge < -0.3 is 15.5 Å². The Morgan fingerprint density at radius 3 is 2.22 bits per heavy atom. The molecule has 0 radical (unpaired) electrons. The van der Waals surface area contributed by atoms with Gasteiger partial charge in [-0.1, -0.05) is 19.1 Å². The molecule has 2 amide bonds. The number of hydrogen-bond acceptors (Lipinski definition) is 3. The van der Waals surface area contributed by atoms with Crippen LogP contribution in [0.1, 0.15) is 17.3 Å². The van der Waals surface area contributed by atoms with Crippen LogP contribution in [0.5, 0.6) is 0 Å². The van der Waals surface area contributed by atoms with Crippen LogP contribution < -0.4 is 10.6 Å². The monoisotopic (exact) mass is 315 g/mol. The largest absolute Gasteiger partial charge is 0.331 e. The van der Waals surface area contributed by atoms with Gasteiger partial charge in [-0.25, -0.2) is 0 Å². The van der Waals surface area contributed by atoms with Crippen LogP contribution in [0.3, 0.4) is 0 Å². The highest BCUT2D eigenvalue weighted by Crippen LogP contribution is 2.13. The minimum atomic E-state index is -0.128. The number of nitrogens with zero attached hydrogens (tertiary/aromatic N) is 1. The Kier molecular flexibility index (Phi) is 7.77. The number of anilines is 1. The van der Waals surface area contributed by atoms with Crippen molar-refractivity contribution in [2.75, 3.05) is 32.0 Å². The summed E-state index contributed by atoms with van der Waals surface area (Å²) in [5.41, 5.74) is 1.24. The third kappa shape index (κ3) is 5.71. The molecule has 1 aromatic carbocycles. The van der Waals surface area contributed by atoms with E-state index in [2.05, 4.69) is 23.8 Å². The maximum atomic E-state index is 12.4. The highest BCUT2D eigenvalue weighted by Gasteiger charge is 2.14. The summed E-state index contributed by atoms with van der Waals surface area (Å²) < 4.78 is 0. The van der Waals surface area contributed by atoms with Gasteiger partial charge in [-0.05, 0) is 31.3 Å². The van der Waals surface area contributed by atoms with E-state index in [1.807, 2.05) is 14.0 Å². The minimum absolute atomic E-state index is 0.0571. The molecule has 0 fully saturated rings. The Balaban J connectivity index is 2.75. The lowest BCUT2D eigenvalue weighted by molar-refractivity contribution is -0.119. The second-order valence-electron chi connectivity index (χ2n) is 5.31. The van der Waals surface area contributed by atoms with E-state index in [0.29, 0.717) is 30.9 Å². The van der Waals surface area contributed by atoms with E-state index in [-0.39, 0.29) is 17.7 Å². The Morgan fingerprint density at radius 1 is 1.17 bits per heavy atom. The van der Waals surface area contributed by atoms with Crippen LogP contribution in [-0.4, -0.2) is 43.4 Å².